The van der Waals surface area contributed by atoms with Crippen LogP contribution in [0.5, 0.6) is 0 Å². The lowest BCUT2D eigenvalue weighted by atomic mass is 10.2. The summed E-state index contributed by atoms with van der Waals surface area (Å²) in [6.45, 7) is 1.93. The van der Waals surface area contributed by atoms with Gasteiger partial charge < -0.3 is 0 Å². The number of rotatable bonds is 1. The Balaban J connectivity index is 2.49. The van der Waals surface area contributed by atoms with Gasteiger partial charge in [0.25, 0.3) is 5.56 Å². The first-order valence-corrected chi connectivity index (χ1v) is 6.37. The molecular weight excluding hydrogens is 252 g/mol. The van der Waals surface area contributed by atoms with E-state index in [0.29, 0.717) is 16.6 Å². The highest BCUT2D eigenvalue weighted by Crippen LogP contribution is 2.10. The topological polar surface area (TPSA) is 44.0 Å². The molecule has 0 saturated carbocycles. The molecule has 4 heteroatoms. The first-order chi connectivity index (χ1) is 9.59. The standard InChI is InChI=1S/C16H14N2O2/c1-11-6-5-7-12(10-11)18-15(19)13-8-3-4-9-14(13)17(2)16(18)20/h3-10H,1-2H3. The van der Waals surface area contributed by atoms with Crippen LogP contribution in [0.3, 0.4) is 0 Å². The Hall–Kier alpha value is -2.62. The first kappa shape index (κ1) is 12.4. The Bertz CT molecular complexity index is 920. The monoisotopic (exact) mass is 266 g/mol. The summed E-state index contributed by atoms with van der Waals surface area (Å²) < 4.78 is 2.72. The molecule has 0 aliphatic rings. The minimum Gasteiger partial charge on any atom is -0.296 e. The predicted octanol–water partition coefficient (Wildman–Crippen LogP) is 2.00. The van der Waals surface area contributed by atoms with Gasteiger partial charge in [-0.3, -0.25) is 9.36 Å². The molecule has 1 heterocycles. The van der Waals surface area contributed by atoms with Gasteiger partial charge in [0, 0.05) is 7.05 Å². The normalized spacial score (nSPS) is 10.9. The molecule has 0 aliphatic carbocycles. The average molecular weight is 266 g/mol. The summed E-state index contributed by atoms with van der Waals surface area (Å²) in [7, 11) is 1.68. The lowest BCUT2D eigenvalue weighted by Crippen LogP contribution is -2.37. The van der Waals surface area contributed by atoms with Crippen molar-refractivity contribution in [2.24, 2.45) is 7.05 Å². The summed E-state index contributed by atoms with van der Waals surface area (Å²) >= 11 is 0. The van der Waals surface area contributed by atoms with Crippen LogP contribution in [0.4, 0.5) is 0 Å². The molecule has 0 N–H and O–H groups in total. The molecular formula is C16H14N2O2. The van der Waals surface area contributed by atoms with Gasteiger partial charge in [-0.25, -0.2) is 9.36 Å². The van der Waals surface area contributed by atoms with Gasteiger partial charge in [-0.15, -0.1) is 0 Å². The molecule has 3 aromatic rings. The van der Waals surface area contributed by atoms with Crippen LogP contribution < -0.4 is 11.2 Å². The zero-order valence-electron chi connectivity index (χ0n) is 11.3. The fourth-order valence-corrected chi connectivity index (χ4v) is 2.40. The Kier molecular flexibility index (Phi) is 2.79. The molecule has 0 bridgehead atoms. The zero-order chi connectivity index (χ0) is 14.3. The number of benzene rings is 2. The molecule has 0 spiro atoms. The van der Waals surface area contributed by atoms with Crippen molar-refractivity contribution in [1.82, 2.24) is 9.13 Å². The maximum atomic E-state index is 12.6. The quantitative estimate of drug-likeness (QED) is 0.676. The molecule has 0 unspecified atom stereocenters. The largest absolute Gasteiger partial charge is 0.335 e. The molecule has 0 aliphatic heterocycles. The molecule has 0 radical (unpaired) electrons. The van der Waals surface area contributed by atoms with Crippen LogP contribution in [-0.4, -0.2) is 9.13 Å². The zero-order valence-corrected chi connectivity index (χ0v) is 11.3. The van der Waals surface area contributed by atoms with Crippen LogP contribution >= 0.6 is 0 Å². The smallest absolute Gasteiger partial charge is 0.296 e. The molecule has 2 aromatic carbocycles. The molecule has 20 heavy (non-hydrogen) atoms. The Morgan fingerprint density at radius 3 is 2.45 bits per heavy atom. The van der Waals surface area contributed by atoms with E-state index in [2.05, 4.69) is 0 Å². The average Bonchev–Trinajstić information content (AvgIpc) is 2.45. The van der Waals surface area contributed by atoms with Gasteiger partial charge in [-0.2, -0.15) is 0 Å². The lowest BCUT2D eigenvalue weighted by Gasteiger charge is -2.10. The minimum absolute atomic E-state index is 0.283. The summed E-state index contributed by atoms with van der Waals surface area (Å²) in [5.41, 5.74) is 1.63. The number of fused-ring (bicyclic) bond motifs is 1. The van der Waals surface area contributed by atoms with E-state index < -0.39 is 0 Å². The molecule has 4 nitrogen and oxygen atoms in total. The van der Waals surface area contributed by atoms with Gasteiger partial charge in [0.1, 0.15) is 0 Å². The van der Waals surface area contributed by atoms with Gasteiger partial charge in [0.15, 0.2) is 0 Å². The highest BCUT2D eigenvalue weighted by atomic mass is 16.2. The van der Waals surface area contributed by atoms with Crippen LogP contribution in [0.2, 0.25) is 0 Å². The van der Waals surface area contributed by atoms with Crippen molar-refractivity contribution in [2.45, 2.75) is 6.92 Å². The van der Waals surface area contributed by atoms with E-state index in [-0.39, 0.29) is 11.2 Å². The molecule has 1 aromatic heterocycles. The van der Waals surface area contributed by atoms with E-state index in [0.717, 1.165) is 5.56 Å². The maximum Gasteiger partial charge on any atom is 0.335 e. The number of hydrogen-bond donors (Lipinski definition) is 0. The number of para-hydroxylation sites is 1. The summed E-state index contributed by atoms with van der Waals surface area (Å²) in [6.07, 6.45) is 0. The molecule has 100 valence electrons. The van der Waals surface area contributed by atoms with E-state index in [1.54, 1.807) is 31.3 Å². The highest BCUT2D eigenvalue weighted by molar-refractivity contribution is 5.78. The number of hydrogen-bond acceptors (Lipinski definition) is 2. The molecule has 0 saturated heterocycles. The third-order valence-electron chi connectivity index (χ3n) is 3.44. The van der Waals surface area contributed by atoms with Crippen molar-refractivity contribution in [3.63, 3.8) is 0 Å². The van der Waals surface area contributed by atoms with Gasteiger partial charge in [-0.1, -0.05) is 24.3 Å². The van der Waals surface area contributed by atoms with E-state index in [4.69, 9.17) is 0 Å². The Morgan fingerprint density at radius 2 is 1.70 bits per heavy atom. The summed E-state index contributed by atoms with van der Waals surface area (Å²) in [6, 6.07) is 14.5. The summed E-state index contributed by atoms with van der Waals surface area (Å²) in [5, 5.41) is 0.538. The molecule has 3 rings (SSSR count). The Morgan fingerprint density at radius 1 is 0.950 bits per heavy atom. The van der Waals surface area contributed by atoms with E-state index in [1.807, 2.05) is 31.2 Å². The third-order valence-corrected chi connectivity index (χ3v) is 3.44. The molecule has 0 fully saturated rings. The second-order valence-electron chi connectivity index (χ2n) is 4.84. The summed E-state index contributed by atoms with van der Waals surface area (Å²) in [4.78, 5) is 25.0. The second kappa shape index (κ2) is 4.49. The van der Waals surface area contributed by atoms with Gasteiger partial charge >= 0.3 is 5.69 Å². The summed E-state index contributed by atoms with van der Waals surface area (Å²) in [5.74, 6) is 0. The SMILES string of the molecule is Cc1cccc(-n2c(=O)c3ccccc3n(C)c2=O)c1. The third kappa shape index (κ3) is 1.77. The molecule has 0 amide bonds. The van der Waals surface area contributed by atoms with Crippen molar-refractivity contribution in [2.75, 3.05) is 0 Å². The van der Waals surface area contributed by atoms with Crippen molar-refractivity contribution in [1.29, 1.82) is 0 Å². The van der Waals surface area contributed by atoms with Crippen LogP contribution in [-0.2, 0) is 7.05 Å². The van der Waals surface area contributed by atoms with Crippen molar-refractivity contribution < 1.29 is 0 Å². The fraction of sp³-hybridized carbons (Fsp3) is 0.125. The van der Waals surface area contributed by atoms with Crippen LogP contribution in [0.1, 0.15) is 5.56 Å². The van der Waals surface area contributed by atoms with Gasteiger partial charge in [0.2, 0.25) is 0 Å². The van der Waals surface area contributed by atoms with Crippen molar-refractivity contribution >= 4 is 10.9 Å². The highest BCUT2D eigenvalue weighted by Gasteiger charge is 2.11. The van der Waals surface area contributed by atoms with Crippen LogP contribution in [0.15, 0.2) is 58.1 Å². The number of aromatic nitrogens is 2. The van der Waals surface area contributed by atoms with E-state index in [9.17, 15) is 9.59 Å². The Labute approximate surface area is 115 Å². The lowest BCUT2D eigenvalue weighted by molar-refractivity contribution is 0.773. The fourth-order valence-electron chi connectivity index (χ4n) is 2.40. The van der Waals surface area contributed by atoms with Crippen LogP contribution in [0.25, 0.3) is 16.6 Å². The predicted molar refractivity (Wildman–Crippen MR) is 79.5 cm³/mol. The van der Waals surface area contributed by atoms with Crippen molar-refractivity contribution in [3.8, 4) is 5.69 Å². The second-order valence-corrected chi connectivity index (χ2v) is 4.84. The van der Waals surface area contributed by atoms with E-state index >= 15 is 0 Å². The first-order valence-electron chi connectivity index (χ1n) is 6.37. The van der Waals surface area contributed by atoms with Gasteiger partial charge in [0.05, 0.1) is 16.6 Å². The molecule has 0 atom stereocenters. The van der Waals surface area contributed by atoms with E-state index in [1.165, 1.54) is 9.13 Å². The van der Waals surface area contributed by atoms with Crippen molar-refractivity contribution in [3.05, 3.63) is 74.9 Å². The van der Waals surface area contributed by atoms with Gasteiger partial charge in [-0.05, 0) is 36.8 Å². The number of nitrogens with zero attached hydrogens (tertiary/aromatic N) is 2. The minimum atomic E-state index is -0.334. The number of aryl methyl sites for hydroxylation is 2. The van der Waals surface area contributed by atoms with Crippen LogP contribution in [0, 0.1) is 6.92 Å². The maximum absolute atomic E-state index is 12.6.